The zero-order valence-electron chi connectivity index (χ0n) is 18.9. The Kier molecular flexibility index (Phi) is 5.64. The number of fused-ring (bicyclic) bond motifs is 1. The minimum Gasteiger partial charge on any atom is -0.493 e. The van der Waals surface area contributed by atoms with Crippen molar-refractivity contribution in [2.24, 2.45) is 0 Å². The fourth-order valence-corrected chi connectivity index (χ4v) is 4.32. The van der Waals surface area contributed by atoms with E-state index in [1.54, 1.807) is 39.5 Å². The molecule has 0 N–H and O–H groups in total. The molecule has 0 aliphatic heterocycles. The van der Waals surface area contributed by atoms with Crippen LogP contribution in [0.1, 0.15) is 31.9 Å². The Morgan fingerprint density at radius 1 is 0.969 bits per heavy atom. The maximum absolute atomic E-state index is 12.9. The maximum Gasteiger partial charge on any atom is 0.291 e. The van der Waals surface area contributed by atoms with E-state index in [0.717, 1.165) is 11.1 Å². The van der Waals surface area contributed by atoms with E-state index in [-0.39, 0.29) is 11.0 Å². The van der Waals surface area contributed by atoms with Crippen LogP contribution in [0, 0.1) is 0 Å². The van der Waals surface area contributed by atoms with E-state index >= 15 is 0 Å². The Bertz CT molecular complexity index is 1360. The molecule has 4 aromatic rings. The van der Waals surface area contributed by atoms with Gasteiger partial charge in [-0.1, -0.05) is 56.4 Å². The molecule has 2 aromatic heterocycles. The van der Waals surface area contributed by atoms with Gasteiger partial charge in [0.05, 0.1) is 25.9 Å². The number of thiazole rings is 1. The Morgan fingerprint density at radius 3 is 2.09 bits per heavy atom. The molecule has 0 unspecified atom stereocenters. The van der Waals surface area contributed by atoms with Crippen molar-refractivity contribution in [3.05, 3.63) is 62.4 Å². The third-order valence-electron chi connectivity index (χ3n) is 5.18. The monoisotopic (exact) mass is 451 g/mol. The number of methoxy groups -OCH3 is 3. The summed E-state index contributed by atoms with van der Waals surface area (Å²) in [4.78, 5) is 18.1. The van der Waals surface area contributed by atoms with Crippen LogP contribution in [0.25, 0.3) is 22.4 Å². The van der Waals surface area contributed by atoms with Gasteiger partial charge in [0.25, 0.3) is 5.56 Å². The van der Waals surface area contributed by atoms with Gasteiger partial charge in [0.15, 0.2) is 17.3 Å². The Hall–Kier alpha value is -3.39. The van der Waals surface area contributed by atoms with Gasteiger partial charge in [-0.25, -0.2) is 0 Å². The molecule has 0 atom stereocenters. The van der Waals surface area contributed by atoms with Crippen molar-refractivity contribution in [1.29, 1.82) is 0 Å². The molecule has 0 saturated carbocycles. The van der Waals surface area contributed by atoms with Gasteiger partial charge in [0, 0.05) is 5.56 Å². The summed E-state index contributed by atoms with van der Waals surface area (Å²) >= 11 is 1.29. The molecule has 2 heterocycles. The van der Waals surface area contributed by atoms with Crippen molar-refractivity contribution in [2.75, 3.05) is 21.3 Å². The van der Waals surface area contributed by atoms with Crippen LogP contribution in [0.15, 0.2) is 41.2 Å². The van der Waals surface area contributed by atoms with Crippen molar-refractivity contribution in [2.45, 2.75) is 26.2 Å². The van der Waals surface area contributed by atoms with Crippen LogP contribution < -0.4 is 24.3 Å². The highest BCUT2D eigenvalue weighted by molar-refractivity contribution is 7.15. The fourth-order valence-electron chi connectivity index (χ4n) is 3.41. The number of aromatic nitrogens is 3. The van der Waals surface area contributed by atoms with E-state index in [1.807, 2.05) is 12.1 Å². The molecule has 0 amide bonds. The van der Waals surface area contributed by atoms with E-state index in [4.69, 9.17) is 14.2 Å². The number of hydrogen-bond acceptors (Lipinski definition) is 7. The van der Waals surface area contributed by atoms with E-state index < -0.39 is 0 Å². The van der Waals surface area contributed by atoms with Crippen molar-refractivity contribution >= 4 is 22.4 Å². The lowest BCUT2D eigenvalue weighted by Crippen LogP contribution is -2.23. The number of nitrogens with zero attached hydrogens (tertiary/aromatic N) is 3. The van der Waals surface area contributed by atoms with Crippen LogP contribution in [0.3, 0.4) is 0 Å². The lowest BCUT2D eigenvalue weighted by Gasteiger charge is -2.18. The summed E-state index contributed by atoms with van der Waals surface area (Å²) in [5.74, 6) is 2.07. The zero-order valence-corrected chi connectivity index (χ0v) is 19.7. The van der Waals surface area contributed by atoms with Gasteiger partial charge in [0.1, 0.15) is 0 Å². The first-order valence-corrected chi connectivity index (χ1v) is 10.9. The molecule has 4 rings (SSSR count). The summed E-state index contributed by atoms with van der Waals surface area (Å²) < 4.78 is 18.0. The molecule has 2 aromatic carbocycles. The van der Waals surface area contributed by atoms with Gasteiger partial charge < -0.3 is 14.2 Å². The van der Waals surface area contributed by atoms with Gasteiger partial charge in [-0.05, 0) is 34.8 Å². The molecule has 0 fully saturated rings. The lowest BCUT2D eigenvalue weighted by atomic mass is 9.87. The van der Waals surface area contributed by atoms with Crippen molar-refractivity contribution in [1.82, 2.24) is 14.6 Å². The summed E-state index contributed by atoms with van der Waals surface area (Å²) in [6.45, 7) is 6.51. The van der Waals surface area contributed by atoms with E-state index in [9.17, 15) is 4.79 Å². The quantitative estimate of drug-likeness (QED) is 0.461. The molecule has 0 radical (unpaired) electrons. The van der Waals surface area contributed by atoms with Crippen LogP contribution in [0.4, 0.5) is 0 Å². The molecule has 7 nitrogen and oxygen atoms in total. The highest BCUT2D eigenvalue weighted by Gasteiger charge is 2.16. The van der Waals surface area contributed by atoms with Crippen molar-refractivity contribution < 1.29 is 14.2 Å². The summed E-state index contributed by atoms with van der Waals surface area (Å²) in [6, 6.07) is 11.7. The maximum atomic E-state index is 12.9. The molecule has 0 aliphatic carbocycles. The number of hydrogen-bond donors (Lipinski definition) is 0. The molecular weight excluding hydrogens is 426 g/mol. The number of rotatable bonds is 5. The van der Waals surface area contributed by atoms with Gasteiger partial charge in [-0.2, -0.15) is 9.50 Å². The summed E-state index contributed by atoms with van der Waals surface area (Å²) in [7, 11) is 4.66. The Labute approximate surface area is 189 Å². The van der Waals surface area contributed by atoms with Crippen LogP contribution in [0.5, 0.6) is 17.2 Å². The minimum absolute atomic E-state index is 0.0697. The smallest absolute Gasteiger partial charge is 0.291 e. The molecular formula is C24H25N3O4S. The van der Waals surface area contributed by atoms with E-state index in [0.29, 0.717) is 32.6 Å². The average Bonchev–Trinajstić information content (AvgIpc) is 3.32. The predicted octanol–water partition coefficient (Wildman–Crippen LogP) is 3.69. The molecule has 8 heteroatoms. The first kappa shape index (κ1) is 21.8. The van der Waals surface area contributed by atoms with Gasteiger partial charge in [-0.3, -0.25) is 4.79 Å². The van der Waals surface area contributed by atoms with E-state index in [2.05, 4.69) is 43.0 Å². The normalized spacial score (nSPS) is 12.4. The zero-order chi connectivity index (χ0) is 23.0. The summed E-state index contributed by atoms with van der Waals surface area (Å²) in [6.07, 6.45) is 1.77. The second-order valence-electron chi connectivity index (χ2n) is 8.33. The first-order chi connectivity index (χ1) is 15.2. The first-order valence-electron chi connectivity index (χ1n) is 10.1. The van der Waals surface area contributed by atoms with Gasteiger partial charge in [0.2, 0.25) is 10.7 Å². The second kappa shape index (κ2) is 8.27. The van der Waals surface area contributed by atoms with Crippen molar-refractivity contribution in [3.8, 4) is 28.6 Å². The standard InChI is InChI=1S/C24H25N3O4S/c1-24(2,3)16-9-7-15(8-10-16)21-25-23-27(26-21)22(28)19(32-23)13-14-11-17(29-4)20(31-6)18(12-14)30-5/h7-13H,1-6H3. The molecule has 0 spiro atoms. The molecule has 0 saturated heterocycles. The average molecular weight is 452 g/mol. The third-order valence-corrected chi connectivity index (χ3v) is 6.13. The van der Waals surface area contributed by atoms with Crippen LogP contribution >= 0.6 is 11.3 Å². The Balaban J connectivity index is 1.74. The predicted molar refractivity (Wildman–Crippen MR) is 126 cm³/mol. The number of ether oxygens (including phenoxy) is 3. The molecule has 0 aliphatic rings. The summed E-state index contributed by atoms with van der Waals surface area (Å²) in [5.41, 5.74) is 2.71. The third kappa shape index (κ3) is 3.93. The second-order valence-corrected chi connectivity index (χ2v) is 9.34. The van der Waals surface area contributed by atoms with E-state index in [1.165, 1.54) is 21.4 Å². The highest BCUT2D eigenvalue weighted by Crippen LogP contribution is 2.38. The van der Waals surface area contributed by atoms with Crippen LogP contribution in [-0.2, 0) is 5.41 Å². The fraction of sp³-hybridized carbons (Fsp3) is 0.292. The Morgan fingerprint density at radius 2 is 1.59 bits per heavy atom. The van der Waals surface area contributed by atoms with Gasteiger partial charge >= 0.3 is 0 Å². The van der Waals surface area contributed by atoms with Crippen LogP contribution in [0.2, 0.25) is 0 Å². The van der Waals surface area contributed by atoms with Crippen molar-refractivity contribution in [3.63, 3.8) is 0 Å². The van der Waals surface area contributed by atoms with Gasteiger partial charge in [-0.15, -0.1) is 5.10 Å². The minimum atomic E-state index is -0.219. The topological polar surface area (TPSA) is 75.0 Å². The van der Waals surface area contributed by atoms with Crippen LogP contribution in [-0.4, -0.2) is 35.9 Å². The largest absolute Gasteiger partial charge is 0.493 e. The summed E-state index contributed by atoms with van der Waals surface area (Å²) in [5, 5.41) is 4.45. The molecule has 32 heavy (non-hydrogen) atoms. The highest BCUT2D eigenvalue weighted by atomic mass is 32.1. The number of benzene rings is 2. The molecule has 166 valence electrons. The molecule has 0 bridgehead atoms. The SMILES string of the molecule is COc1cc(C=c2sc3nc(-c4ccc(C(C)(C)C)cc4)nn3c2=O)cc(OC)c1OC. The lowest BCUT2D eigenvalue weighted by molar-refractivity contribution is 0.324.